The topological polar surface area (TPSA) is 89.5 Å². The molecule has 1 aromatic rings. The van der Waals surface area contributed by atoms with E-state index in [0.717, 1.165) is 6.42 Å². The number of likely N-dealkylation sites (tertiary alicyclic amines) is 1. The van der Waals surface area contributed by atoms with Crippen LogP contribution in [0.15, 0.2) is 18.2 Å². The molecular weight excluding hydrogens is 258 g/mol. The number of carbonyl (C=O) groups excluding carboxylic acids is 1. The lowest BCUT2D eigenvalue weighted by Crippen LogP contribution is -2.33. The van der Waals surface area contributed by atoms with Crippen molar-refractivity contribution >= 4 is 11.6 Å². The van der Waals surface area contributed by atoms with Gasteiger partial charge in [0.2, 0.25) is 0 Å². The van der Waals surface area contributed by atoms with Gasteiger partial charge in [-0.15, -0.1) is 0 Å². The third-order valence-corrected chi connectivity index (χ3v) is 3.78. The average Bonchev–Trinajstić information content (AvgIpc) is 2.86. The van der Waals surface area contributed by atoms with E-state index in [9.17, 15) is 14.9 Å². The number of nitro benzene ring substituents is 1. The van der Waals surface area contributed by atoms with Gasteiger partial charge >= 0.3 is 0 Å². The minimum atomic E-state index is -0.474. The number of nitro groups is 1. The van der Waals surface area contributed by atoms with Crippen LogP contribution >= 0.6 is 0 Å². The van der Waals surface area contributed by atoms with Crippen LogP contribution in [0.5, 0.6) is 0 Å². The third-order valence-electron chi connectivity index (χ3n) is 3.78. The van der Waals surface area contributed by atoms with Crippen LogP contribution in [0.3, 0.4) is 0 Å². The van der Waals surface area contributed by atoms with E-state index in [1.54, 1.807) is 17.9 Å². The quantitative estimate of drug-likeness (QED) is 0.672. The van der Waals surface area contributed by atoms with Gasteiger partial charge in [0.15, 0.2) is 0 Å². The Morgan fingerprint density at radius 3 is 2.75 bits per heavy atom. The zero-order valence-electron chi connectivity index (χ0n) is 11.7. The fourth-order valence-corrected chi connectivity index (χ4v) is 2.58. The van der Waals surface area contributed by atoms with E-state index in [4.69, 9.17) is 5.73 Å². The summed E-state index contributed by atoms with van der Waals surface area (Å²) in [7, 11) is 0. The zero-order valence-corrected chi connectivity index (χ0v) is 11.7. The SMILES string of the molecule is Cc1cc(C(=O)N2CCC(C(C)N)C2)cc([N+](=O)[O-])c1. The predicted octanol–water partition coefficient (Wildman–Crippen LogP) is 1.71. The smallest absolute Gasteiger partial charge is 0.270 e. The Bertz CT molecular complexity index is 542. The summed E-state index contributed by atoms with van der Waals surface area (Å²) in [6.07, 6.45) is 0.886. The summed E-state index contributed by atoms with van der Waals surface area (Å²) in [6.45, 7) is 4.97. The number of benzene rings is 1. The van der Waals surface area contributed by atoms with E-state index in [0.29, 0.717) is 30.1 Å². The van der Waals surface area contributed by atoms with Crippen molar-refractivity contribution in [1.82, 2.24) is 4.90 Å². The Kier molecular flexibility index (Phi) is 4.04. The Morgan fingerprint density at radius 1 is 1.50 bits per heavy atom. The standard InChI is InChI=1S/C14H19N3O3/c1-9-5-12(7-13(6-9)17(19)20)14(18)16-4-3-11(8-16)10(2)15/h5-7,10-11H,3-4,8,15H2,1-2H3. The summed E-state index contributed by atoms with van der Waals surface area (Å²) < 4.78 is 0. The van der Waals surface area contributed by atoms with Gasteiger partial charge in [-0.25, -0.2) is 0 Å². The minimum absolute atomic E-state index is 0.0451. The number of nitrogens with two attached hydrogens (primary N) is 1. The first-order chi connectivity index (χ1) is 9.38. The van der Waals surface area contributed by atoms with Crippen molar-refractivity contribution in [3.8, 4) is 0 Å². The molecule has 1 amide bonds. The number of nitrogens with zero attached hydrogens (tertiary/aromatic N) is 2. The molecule has 1 heterocycles. The molecule has 6 nitrogen and oxygen atoms in total. The fourth-order valence-electron chi connectivity index (χ4n) is 2.58. The lowest BCUT2D eigenvalue weighted by atomic mass is 10.0. The number of non-ortho nitro benzene ring substituents is 1. The molecule has 0 saturated carbocycles. The van der Waals surface area contributed by atoms with Crippen LogP contribution in [0.1, 0.15) is 29.3 Å². The molecule has 20 heavy (non-hydrogen) atoms. The molecule has 1 aliphatic heterocycles. The second kappa shape index (κ2) is 5.58. The Balaban J connectivity index is 2.20. The van der Waals surface area contributed by atoms with Crippen LogP contribution in [0.2, 0.25) is 0 Å². The Morgan fingerprint density at radius 2 is 2.20 bits per heavy atom. The maximum absolute atomic E-state index is 12.4. The van der Waals surface area contributed by atoms with Crippen LogP contribution in [-0.2, 0) is 0 Å². The van der Waals surface area contributed by atoms with E-state index in [2.05, 4.69) is 0 Å². The van der Waals surface area contributed by atoms with Crippen molar-refractivity contribution in [2.75, 3.05) is 13.1 Å². The molecule has 1 aliphatic rings. The number of aryl methyl sites for hydroxylation is 1. The van der Waals surface area contributed by atoms with Gasteiger partial charge in [-0.2, -0.15) is 0 Å². The summed E-state index contributed by atoms with van der Waals surface area (Å²) in [5, 5.41) is 10.9. The van der Waals surface area contributed by atoms with Crippen molar-refractivity contribution in [2.45, 2.75) is 26.3 Å². The zero-order chi connectivity index (χ0) is 14.9. The lowest BCUT2D eigenvalue weighted by Gasteiger charge is -2.18. The van der Waals surface area contributed by atoms with E-state index in [-0.39, 0.29) is 17.6 Å². The van der Waals surface area contributed by atoms with Crippen molar-refractivity contribution in [1.29, 1.82) is 0 Å². The van der Waals surface area contributed by atoms with Crippen molar-refractivity contribution in [3.05, 3.63) is 39.4 Å². The van der Waals surface area contributed by atoms with E-state index >= 15 is 0 Å². The van der Waals surface area contributed by atoms with Crippen molar-refractivity contribution in [2.24, 2.45) is 11.7 Å². The molecule has 0 bridgehead atoms. The van der Waals surface area contributed by atoms with Crippen molar-refractivity contribution < 1.29 is 9.72 Å². The average molecular weight is 277 g/mol. The molecule has 0 radical (unpaired) electrons. The van der Waals surface area contributed by atoms with E-state index < -0.39 is 4.92 Å². The second-order valence-corrected chi connectivity index (χ2v) is 5.47. The van der Waals surface area contributed by atoms with Crippen LogP contribution in [-0.4, -0.2) is 34.9 Å². The first-order valence-electron chi connectivity index (χ1n) is 6.69. The largest absolute Gasteiger partial charge is 0.338 e. The molecule has 1 fully saturated rings. The maximum atomic E-state index is 12.4. The van der Waals surface area contributed by atoms with Crippen LogP contribution in [0.25, 0.3) is 0 Å². The second-order valence-electron chi connectivity index (χ2n) is 5.47. The molecule has 6 heteroatoms. The highest BCUT2D eigenvalue weighted by atomic mass is 16.6. The fraction of sp³-hybridized carbons (Fsp3) is 0.500. The van der Waals surface area contributed by atoms with E-state index in [1.165, 1.54) is 12.1 Å². The van der Waals surface area contributed by atoms with Crippen LogP contribution in [0.4, 0.5) is 5.69 Å². The molecule has 0 aliphatic carbocycles. The Labute approximate surface area is 117 Å². The molecule has 2 unspecified atom stereocenters. The molecule has 1 saturated heterocycles. The first kappa shape index (κ1) is 14.5. The highest BCUT2D eigenvalue weighted by Gasteiger charge is 2.29. The highest BCUT2D eigenvalue weighted by Crippen LogP contribution is 2.23. The summed E-state index contributed by atoms with van der Waals surface area (Å²) in [5.74, 6) is 0.152. The van der Waals surface area contributed by atoms with Gasteiger partial charge in [0.05, 0.1) is 4.92 Å². The number of amides is 1. The lowest BCUT2D eigenvalue weighted by molar-refractivity contribution is -0.384. The van der Waals surface area contributed by atoms with Crippen LogP contribution in [0, 0.1) is 23.0 Å². The summed E-state index contributed by atoms with van der Waals surface area (Å²) in [6, 6.07) is 4.55. The molecule has 2 rings (SSSR count). The van der Waals surface area contributed by atoms with Gasteiger partial charge in [-0.1, -0.05) is 0 Å². The van der Waals surface area contributed by atoms with Crippen LogP contribution < -0.4 is 5.73 Å². The summed E-state index contributed by atoms with van der Waals surface area (Å²) in [4.78, 5) is 24.5. The number of rotatable bonds is 3. The number of hydrogen-bond acceptors (Lipinski definition) is 4. The molecule has 2 atom stereocenters. The van der Waals surface area contributed by atoms with Gasteiger partial charge in [-0.3, -0.25) is 14.9 Å². The highest BCUT2D eigenvalue weighted by molar-refractivity contribution is 5.95. The monoisotopic (exact) mass is 277 g/mol. The van der Waals surface area contributed by atoms with Gasteiger partial charge in [0.1, 0.15) is 0 Å². The van der Waals surface area contributed by atoms with Gasteiger partial charge in [-0.05, 0) is 37.8 Å². The minimum Gasteiger partial charge on any atom is -0.338 e. The normalized spacial score (nSPS) is 19.9. The molecule has 2 N–H and O–H groups in total. The van der Waals surface area contributed by atoms with E-state index in [1.807, 2.05) is 6.92 Å². The third kappa shape index (κ3) is 2.96. The summed E-state index contributed by atoms with van der Waals surface area (Å²) >= 11 is 0. The molecule has 0 spiro atoms. The predicted molar refractivity (Wildman–Crippen MR) is 75.5 cm³/mol. The molecule has 108 valence electrons. The Hall–Kier alpha value is -1.95. The molecule has 0 aromatic heterocycles. The van der Waals surface area contributed by atoms with Crippen molar-refractivity contribution in [3.63, 3.8) is 0 Å². The maximum Gasteiger partial charge on any atom is 0.270 e. The van der Waals surface area contributed by atoms with Gasteiger partial charge < -0.3 is 10.6 Å². The van der Waals surface area contributed by atoms with Gasteiger partial charge in [0, 0.05) is 36.8 Å². The molecular formula is C14H19N3O3. The number of hydrogen-bond donors (Lipinski definition) is 1. The number of carbonyl (C=O) groups is 1. The molecule has 1 aromatic carbocycles. The first-order valence-corrected chi connectivity index (χ1v) is 6.69. The summed E-state index contributed by atoms with van der Waals surface area (Å²) in [5.41, 5.74) is 6.90. The van der Waals surface area contributed by atoms with Gasteiger partial charge in [0.25, 0.3) is 11.6 Å².